The van der Waals surface area contributed by atoms with Gasteiger partial charge in [-0.15, -0.1) is 11.3 Å². The van der Waals surface area contributed by atoms with Gasteiger partial charge in [0.25, 0.3) is 5.91 Å². The smallest absolute Gasteiger partial charge is 0.252 e. The van der Waals surface area contributed by atoms with Crippen molar-refractivity contribution < 1.29 is 4.79 Å². The van der Waals surface area contributed by atoms with Crippen LogP contribution in [0.5, 0.6) is 0 Å². The van der Waals surface area contributed by atoms with Gasteiger partial charge in [-0.1, -0.05) is 12.1 Å². The molecule has 1 aliphatic rings. The minimum absolute atomic E-state index is 0.134. The van der Waals surface area contributed by atoms with Crippen LogP contribution in [0.3, 0.4) is 0 Å². The second-order valence-corrected chi connectivity index (χ2v) is 8.79. The minimum Gasteiger partial charge on any atom is -0.357 e. The molecular formula is C23H24N6OS. The molecule has 0 bridgehead atoms. The van der Waals surface area contributed by atoms with E-state index in [9.17, 15) is 4.79 Å². The van der Waals surface area contributed by atoms with E-state index in [0.717, 1.165) is 46.1 Å². The average molecular weight is 433 g/mol. The summed E-state index contributed by atoms with van der Waals surface area (Å²) >= 11 is 1.60. The maximum Gasteiger partial charge on any atom is 0.252 e. The monoisotopic (exact) mass is 432 g/mol. The fourth-order valence-electron chi connectivity index (χ4n) is 4.11. The van der Waals surface area contributed by atoms with Crippen LogP contribution < -0.4 is 10.2 Å². The molecule has 1 amide bonds. The molecule has 158 valence electrons. The lowest BCUT2D eigenvalue weighted by Gasteiger charge is -2.16. The van der Waals surface area contributed by atoms with Crippen LogP contribution in [0.15, 0.2) is 41.9 Å². The molecule has 1 saturated heterocycles. The van der Waals surface area contributed by atoms with E-state index in [1.165, 1.54) is 12.8 Å². The van der Waals surface area contributed by atoms with Crippen LogP contribution in [0.2, 0.25) is 0 Å². The summed E-state index contributed by atoms with van der Waals surface area (Å²) in [4.78, 5) is 25.9. The van der Waals surface area contributed by atoms with Gasteiger partial charge in [-0.2, -0.15) is 5.10 Å². The van der Waals surface area contributed by atoms with Crippen molar-refractivity contribution in [1.29, 1.82) is 0 Å². The molecular weight excluding hydrogens is 408 g/mol. The Labute approximate surface area is 184 Å². The van der Waals surface area contributed by atoms with Gasteiger partial charge in [0.1, 0.15) is 5.82 Å². The Morgan fingerprint density at radius 2 is 2.06 bits per heavy atom. The normalized spacial score (nSPS) is 13.8. The van der Waals surface area contributed by atoms with Gasteiger partial charge in [0, 0.05) is 32.9 Å². The molecule has 0 unspecified atom stereocenters. The van der Waals surface area contributed by atoms with Crippen LogP contribution in [-0.4, -0.2) is 38.7 Å². The minimum atomic E-state index is -0.134. The number of nitrogens with one attached hydrogen (secondary N) is 1. The Kier molecular flexibility index (Phi) is 5.15. The van der Waals surface area contributed by atoms with E-state index in [-0.39, 0.29) is 5.91 Å². The maximum absolute atomic E-state index is 13.2. The lowest BCUT2D eigenvalue weighted by atomic mass is 10.1. The highest BCUT2D eigenvalue weighted by Crippen LogP contribution is 2.29. The van der Waals surface area contributed by atoms with Crippen molar-refractivity contribution in [3.05, 3.63) is 58.7 Å². The number of fused-ring (bicyclic) bond motifs is 1. The van der Waals surface area contributed by atoms with Crippen molar-refractivity contribution in [2.24, 2.45) is 7.05 Å². The van der Waals surface area contributed by atoms with Crippen molar-refractivity contribution in [1.82, 2.24) is 25.1 Å². The second kappa shape index (κ2) is 8.11. The van der Waals surface area contributed by atoms with Gasteiger partial charge in [-0.25, -0.2) is 9.97 Å². The fraction of sp³-hybridized carbons (Fsp3) is 0.304. The molecule has 0 radical (unpaired) electrons. The van der Waals surface area contributed by atoms with Crippen molar-refractivity contribution in [3.8, 4) is 10.6 Å². The Bertz CT molecular complexity index is 1220. The van der Waals surface area contributed by atoms with E-state index in [4.69, 9.17) is 4.98 Å². The second-order valence-electron chi connectivity index (χ2n) is 7.84. The molecule has 0 saturated carbocycles. The van der Waals surface area contributed by atoms with Gasteiger partial charge in [-0.05, 0) is 48.9 Å². The summed E-state index contributed by atoms with van der Waals surface area (Å²) in [5.41, 5.74) is 3.87. The Balaban J connectivity index is 1.40. The van der Waals surface area contributed by atoms with Gasteiger partial charge in [0.05, 0.1) is 27.2 Å². The highest BCUT2D eigenvalue weighted by molar-refractivity contribution is 7.13. The quantitative estimate of drug-likeness (QED) is 0.517. The number of aromatic nitrogens is 4. The van der Waals surface area contributed by atoms with Crippen LogP contribution in [0.1, 0.15) is 34.5 Å². The zero-order valence-corrected chi connectivity index (χ0v) is 18.4. The number of pyridine rings is 2. The number of amides is 1. The van der Waals surface area contributed by atoms with Gasteiger partial charge in [0.2, 0.25) is 0 Å². The van der Waals surface area contributed by atoms with Crippen molar-refractivity contribution in [2.75, 3.05) is 18.0 Å². The number of carbonyl (C=O) groups excluding carboxylic acids is 1. The topological polar surface area (TPSA) is 75.9 Å². The first-order chi connectivity index (χ1) is 15.1. The standard InChI is InChI=1S/C23H24N6OS/c1-15-21-17(12-18(19-6-5-11-31-19)26-22(21)28(2)27-15)23(30)25-14-16-7-8-20(24-13-16)29-9-3-4-10-29/h5-8,11-13H,3-4,9-10,14H2,1-2H3,(H,25,30). The number of carbonyl (C=O) groups is 1. The van der Waals surface area contributed by atoms with E-state index >= 15 is 0 Å². The van der Waals surface area contributed by atoms with Crippen molar-refractivity contribution in [3.63, 3.8) is 0 Å². The maximum atomic E-state index is 13.2. The predicted molar refractivity (Wildman–Crippen MR) is 123 cm³/mol. The highest BCUT2D eigenvalue weighted by atomic mass is 32.1. The summed E-state index contributed by atoms with van der Waals surface area (Å²) in [5, 5.41) is 10.3. The number of aryl methyl sites for hydroxylation is 2. The van der Waals surface area contributed by atoms with E-state index in [2.05, 4.69) is 20.3 Å². The van der Waals surface area contributed by atoms with Crippen LogP contribution in [0, 0.1) is 6.92 Å². The zero-order valence-electron chi connectivity index (χ0n) is 17.6. The van der Waals surface area contributed by atoms with Crippen LogP contribution in [0.25, 0.3) is 21.6 Å². The molecule has 31 heavy (non-hydrogen) atoms. The first-order valence-electron chi connectivity index (χ1n) is 10.5. The predicted octanol–water partition coefficient (Wildman–Crippen LogP) is 3.93. The summed E-state index contributed by atoms with van der Waals surface area (Å²) in [6.45, 7) is 4.46. The van der Waals surface area contributed by atoms with E-state index < -0.39 is 0 Å². The average Bonchev–Trinajstić information content (AvgIpc) is 3.55. The molecule has 1 fully saturated rings. The van der Waals surface area contributed by atoms with Crippen molar-refractivity contribution in [2.45, 2.75) is 26.3 Å². The molecule has 0 aliphatic carbocycles. The molecule has 5 rings (SSSR count). The number of hydrogen-bond donors (Lipinski definition) is 1. The largest absolute Gasteiger partial charge is 0.357 e. The van der Waals surface area contributed by atoms with Crippen molar-refractivity contribution >= 4 is 34.1 Å². The third-order valence-electron chi connectivity index (χ3n) is 5.68. The number of nitrogens with zero attached hydrogens (tertiary/aromatic N) is 5. The number of rotatable bonds is 5. The SMILES string of the molecule is Cc1nn(C)c2nc(-c3cccs3)cc(C(=O)NCc3ccc(N4CCCC4)nc3)c12. The number of hydrogen-bond acceptors (Lipinski definition) is 6. The first kappa shape index (κ1) is 19.7. The molecule has 5 heterocycles. The van der Waals surface area contributed by atoms with Crippen LogP contribution in [0.4, 0.5) is 5.82 Å². The van der Waals surface area contributed by atoms with Gasteiger partial charge in [0.15, 0.2) is 5.65 Å². The Morgan fingerprint density at radius 3 is 2.77 bits per heavy atom. The van der Waals surface area contributed by atoms with E-state index in [1.807, 2.05) is 55.9 Å². The summed E-state index contributed by atoms with van der Waals surface area (Å²) in [6.07, 6.45) is 4.30. The summed E-state index contributed by atoms with van der Waals surface area (Å²) in [5.74, 6) is 0.875. The molecule has 0 aromatic carbocycles. The summed E-state index contributed by atoms with van der Waals surface area (Å²) < 4.78 is 1.74. The molecule has 1 N–H and O–H groups in total. The molecule has 4 aromatic rings. The Hall–Kier alpha value is -3.26. The lowest BCUT2D eigenvalue weighted by Crippen LogP contribution is -2.24. The zero-order chi connectivity index (χ0) is 21.4. The van der Waals surface area contributed by atoms with E-state index in [0.29, 0.717) is 17.8 Å². The Morgan fingerprint density at radius 1 is 1.23 bits per heavy atom. The van der Waals surface area contributed by atoms with Gasteiger partial charge < -0.3 is 10.2 Å². The number of thiophene rings is 1. The fourth-order valence-corrected chi connectivity index (χ4v) is 4.79. The third kappa shape index (κ3) is 3.79. The molecule has 7 nitrogen and oxygen atoms in total. The first-order valence-corrected chi connectivity index (χ1v) is 11.3. The van der Waals surface area contributed by atoms with Crippen LogP contribution >= 0.6 is 11.3 Å². The molecule has 4 aromatic heterocycles. The molecule has 1 aliphatic heterocycles. The summed E-state index contributed by atoms with van der Waals surface area (Å²) in [7, 11) is 1.86. The van der Waals surface area contributed by atoms with E-state index in [1.54, 1.807) is 16.0 Å². The molecule has 8 heteroatoms. The third-order valence-corrected chi connectivity index (χ3v) is 6.57. The number of anilines is 1. The van der Waals surface area contributed by atoms with Gasteiger partial charge >= 0.3 is 0 Å². The van der Waals surface area contributed by atoms with Crippen LogP contribution in [-0.2, 0) is 13.6 Å². The van der Waals surface area contributed by atoms with Gasteiger partial charge in [-0.3, -0.25) is 9.48 Å². The molecule has 0 atom stereocenters. The summed E-state index contributed by atoms with van der Waals surface area (Å²) in [6, 6.07) is 9.94. The lowest BCUT2D eigenvalue weighted by molar-refractivity contribution is 0.0952. The molecule has 0 spiro atoms. The highest BCUT2D eigenvalue weighted by Gasteiger charge is 2.20.